The van der Waals surface area contributed by atoms with Crippen molar-refractivity contribution in [3.8, 4) is 11.5 Å². The summed E-state index contributed by atoms with van der Waals surface area (Å²) >= 11 is 0. The number of rotatable bonds is 4. The van der Waals surface area contributed by atoms with Crippen LogP contribution in [0.5, 0.6) is 11.5 Å². The number of methoxy groups -OCH3 is 2. The van der Waals surface area contributed by atoms with Crippen molar-refractivity contribution in [2.75, 3.05) is 14.2 Å². The van der Waals surface area contributed by atoms with Gasteiger partial charge in [-0.15, -0.1) is 0 Å². The third-order valence-corrected chi connectivity index (χ3v) is 8.08. The van der Waals surface area contributed by atoms with Gasteiger partial charge in [-0.3, -0.25) is 0 Å². The van der Waals surface area contributed by atoms with Crippen molar-refractivity contribution in [3.05, 3.63) is 75.2 Å². The molecule has 0 spiro atoms. The highest BCUT2D eigenvalue weighted by molar-refractivity contribution is 6.09. The molecule has 4 nitrogen and oxygen atoms in total. The summed E-state index contributed by atoms with van der Waals surface area (Å²) in [7, 11) is 3.46. The summed E-state index contributed by atoms with van der Waals surface area (Å²) in [6, 6.07) is 6.35. The van der Waals surface area contributed by atoms with Gasteiger partial charge in [-0.2, -0.15) is 0 Å². The van der Waals surface area contributed by atoms with Crippen LogP contribution >= 0.6 is 0 Å². The normalized spacial score (nSPS) is 15.2. The van der Waals surface area contributed by atoms with Crippen LogP contribution < -0.4 is 9.47 Å². The Hall–Kier alpha value is -3.66. The first-order chi connectivity index (χ1) is 17.4. The van der Waals surface area contributed by atoms with E-state index >= 15 is 0 Å². The molecule has 0 saturated heterocycles. The molecule has 2 heterocycles. The van der Waals surface area contributed by atoms with Crippen LogP contribution in [0, 0.1) is 27.7 Å². The number of benzene rings is 3. The maximum absolute atomic E-state index is 6.70. The standard InChI is InChI=1S/C32H32O4/c1-16-10-8-12-21-25(16)20(5)28-19(4)24(36-32(28)30(21)34-7)14-23-26-17(2)11-9-13-22(26)29(33-6)31-27(23)18(3)15-35-31/h8-9,11-13,15-16H,10,14H2,1-7H3. The Morgan fingerprint density at radius 2 is 1.67 bits per heavy atom. The number of ether oxygens (including phenoxy) is 2. The molecule has 0 N–H and O–H groups in total. The van der Waals surface area contributed by atoms with Crippen molar-refractivity contribution in [2.24, 2.45) is 0 Å². The second-order valence-corrected chi connectivity index (χ2v) is 10.2. The molecule has 1 aliphatic rings. The highest BCUT2D eigenvalue weighted by Gasteiger charge is 2.28. The molecule has 184 valence electrons. The number of aryl methyl sites for hydroxylation is 4. The highest BCUT2D eigenvalue weighted by Crippen LogP contribution is 2.47. The molecule has 4 heteroatoms. The summed E-state index contributed by atoms with van der Waals surface area (Å²) in [4.78, 5) is 0. The molecule has 0 saturated carbocycles. The zero-order chi connectivity index (χ0) is 25.3. The van der Waals surface area contributed by atoms with E-state index in [0.29, 0.717) is 12.3 Å². The topological polar surface area (TPSA) is 44.7 Å². The monoisotopic (exact) mass is 480 g/mol. The molecule has 0 fully saturated rings. The zero-order valence-corrected chi connectivity index (χ0v) is 22.1. The van der Waals surface area contributed by atoms with Gasteiger partial charge in [-0.1, -0.05) is 37.3 Å². The van der Waals surface area contributed by atoms with Crippen molar-refractivity contribution < 1.29 is 18.3 Å². The summed E-state index contributed by atoms with van der Waals surface area (Å²) < 4.78 is 24.6. The first kappa shape index (κ1) is 22.8. The second kappa shape index (κ2) is 8.19. The van der Waals surface area contributed by atoms with E-state index in [9.17, 15) is 0 Å². The van der Waals surface area contributed by atoms with E-state index < -0.39 is 0 Å². The minimum atomic E-state index is 0.447. The zero-order valence-electron chi connectivity index (χ0n) is 22.1. The van der Waals surface area contributed by atoms with E-state index in [2.05, 4.69) is 65.0 Å². The summed E-state index contributed by atoms with van der Waals surface area (Å²) in [6.07, 6.45) is 7.95. The number of hydrogen-bond acceptors (Lipinski definition) is 4. The molecule has 0 aliphatic heterocycles. The quantitative estimate of drug-likeness (QED) is 0.258. The van der Waals surface area contributed by atoms with Crippen molar-refractivity contribution >= 4 is 38.8 Å². The number of furan rings is 2. The van der Waals surface area contributed by atoms with Crippen molar-refractivity contribution in [2.45, 2.75) is 53.4 Å². The highest BCUT2D eigenvalue weighted by atomic mass is 16.5. The van der Waals surface area contributed by atoms with Crippen LogP contribution in [0.15, 0.2) is 39.4 Å². The average molecular weight is 481 g/mol. The molecule has 1 unspecified atom stereocenters. The third-order valence-electron chi connectivity index (χ3n) is 8.08. The maximum Gasteiger partial charge on any atom is 0.177 e. The smallest absolute Gasteiger partial charge is 0.177 e. The van der Waals surface area contributed by atoms with Gasteiger partial charge in [0.1, 0.15) is 5.76 Å². The van der Waals surface area contributed by atoms with Crippen LogP contribution in [0.1, 0.15) is 64.0 Å². The van der Waals surface area contributed by atoms with Crippen LogP contribution in [0.4, 0.5) is 0 Å². The minimum Gasteiger partial charge on any atom is -0.492 e. The molecule has 1 aliphatic carbocycles. The molecule has 5 aromatic rings. The number of fused-ring (bicyclic) bond motifs is 4. The maximum atomic E-state index is 6.70. The summed E-state index contributed by atoms with van der Waals surface area (Å²) in [5, 5.41) is 4.54. The predicted octanol–water partition coefficient (Wildman–Crippen LogP) is 8.69. The van der Waals surface area contributed by atoms with Crippen LogP contribution in [-0.4, -0.2) is 14.2 Å². The Morgan fingerprint density at radius 1 is 0.889 bits per heavy atom. The molecular weight excluding hydrogens is 448 g/mol. The Morgan fingerprint density at radius 3 is 2.42 bits per heavy atom. The van der Waals surface area contributed by atoms with Crippen molar-refractivity contribution in [1.29, 1.82) is 0 Å². The Bertz CT molecular complexity index is 1710. The first-order valence-electron chi connectivity index (χ1n) is 12.6. The van der Waals surface area contributed by atoms with E-state index in [0.717, 1.165) is 56.7 Å². The largest absolute Gasteiger partial charge is 0.492 e. The van der Waals surface area contributed by atoms with E-state index in [1.807, 2.05) is 6.26 Å². The number of allylic oxidation sites excluding steroid dienone is 1. The first-order valence-corrected chi connectivity index (χ1v) is 12.6. The van der Waals surface area contributed by atoms with Gasteiger partial charge in [-0.25, -0.2) is 0 Å². The molecule has 2 aromatic heterocycles. The van der Waals surface area contributed by atoms with Gasteiger partial charge < -0.3 is 18.3 Å². The molecular formula is C32H32O4. The minimum absolute atomic E-state index is 0.447. The van der Waals surface area contributed by atoms with Gasteiger partial charge in [0, 0.05) is 28.1 Å². The molecule has 3 aromatic carbocycles. The van der Waals surface area contributed by atoms with Gasteiger partial charge in [-0.05, 0) is 78.8 Å². The second-order valence-electron chi connectivity index (χ2n) is 10.2. The summed E-state index contributed by atoms with van der Waals surface area (Å²) in [5.41, 5.74) is 10.1. The lowest BCUT2D eigenvalue weighted by Gasteiger charge is -2.23. The Labute approximate surface area is 211 Å². The Balaban J connectivity index is 1.67. The van der Waals surface area contributed by atoms with Crippen LogP contribution in [0.3, 0.4) is 0 Å². The van der Waals surface area contributed by atoms with Crippen LogP contribution in [-0.2, 0) is 6.42 Å². The van der Waals surface area contributed by atoms with Gasteiger partial charge >= 0.3 is 0 Å². The van der Waals surface area contributed by atoms with E-state index in [1.54, 1.807) is 14.2 Å². The van der Waals surface area contributed by atoms with Gasteiger partial charge in [0.25, 0.3) is 0 Å². The van der Waals surface area contributed by atoms with E-state index in [4.69, 9.17) is 18.3 Å². The fourth-order valence-corrected chi connectivity index (χ4v) is 6.46. The van der Waals surface area contributed by atoms with Gasteiger partial charge in [0.15, 0.2) is 22.7 Å². The van der Waals surface area contributed by atoms with Gasteiger partial charge in [0.05, 0.1) is 20.5 Å². The molecule has 0 bridgehead atoms. The molecule has 0 radical (unpaired) electrons. The fourth-order valence-electron chi connectivity index (χ4n) is 6.46. The van der Waals surface area contributed by atoms with Gasteiger partial charge in [0.2, 0.25) is 0 Å². The van der Waals surface area contributed by atoms with Crippen molar-refractivity contribution in [1.82, 2.24) is 0 Å². The fraction of sp³-hybridized carbons (Fsp3) is 0.312. The summed E-state index contributed by atoms with van der Waals surface area (Å²) in [5.74, 6) is 3.03. The van der Waals surface area contributed by atoms with Crippen LogP contribution in [0.25, 0.3) is 38.8 Å². The predicted molar refractivity (Wildman–Crippen MR) is 147 cm³/mol. The van der Waals surface area contributed by atoms with E-state index in [-0.39, 0.29) is 0 Å². The molecule has 6 rings (SSSR count). The third kappa shape index (κ3) is 3.00. The van der Waals surface area contributed by atoms with Crippen LogP contribution in [0.2, 0.25) is 0 Å². The SMILES string of the molecule is COc1c2c(c(C)c3c(C)c(Cc4c5c(C)cccc5c(OC)c5occ(C)c45)oc13)C(C)CC=C2. The lowest BCUT2D eigenvalue weighted by Crippen LogP contribution is -2.05. The lowest BCUT2D eigenvalue weighted by atomic mass is 9.83. The molecule has 1 atom stereocenters. The Kier molecular flexibility index (Phi) is 5.18. The average Bonchev–Trinajstić information content (AvgIpc) is 3.39. The molecule has 0 amide bonds. The van der Waals surface area contributed by atoms with Crippen molar-refractivity contribution in [3.63, 3.8) is 0 Å². The number of hydrogen-bond donors (Lipinski definition) is 0. The lowest BCUT2D eigenvalue weighted by molar-refractivity contribution is 0.406. The summed E-state index contributed by atoms with van der Waals surface area (Å²) in [6.45, 7) is 11.0. The van der Waals surface area contributed by atoms with E-state index in [1.165, 1.54) is 38.6 Å². The molecule has 36 heavy (non-hydrogen) atoms.